The molecule has 0 aliphatic heterocycles. The molecular weight excluding hydrogens is 301 g/mol. The first-order chi connectivity index (χ1) is 9.29. The summed E-state index contributed by atoms with van der Waals surface area (Å²) in [5.41, 5.74) is 0.606. The normalized spacial score (nSPS) is 13.8. The van der Waals surface area contributed by atoms with Gasteiger partial charge in [-0.2, -0.15) is 4.31 Å². The van der Waals surface area contributed by atoms with Gasteiger partial charge in [-0.3, -0.25) is 0 Å². The lowest BCUT2D eigenvalue weighted by Gasteiger charge is -2.27. The molecule has 114 valence electrons. The maximum absolute atomic E-state index is 13.9. The van der Waals surface area contributed by atoms with Crippen LogP contribution in [0, 0.1) is 12.7 Å². The van der Waals surface area contributed by atoms with Crippen molar-refractivity contribution in [1.82, 2.24) is 4.31 Å². The Kier molecular flexibility index (Phi) is 5.98. The summed E-state index contributed by atoms with van der Waals surface area (Å²) < 4.78 is 40.7. The van der Waals surface area contributed by atoms with Crippen LogP contribution >= 0.6 is 11.6 Å². The Morgan fingerprint density at radius 3 is 2.40 bits per heavy atom. The van der Waals surface area contributed by atoms with E-state index >= 15 is 0 Å². The van der Waals surface area contributed by atoms with Crippen LogP contribution in [-0.2, 0) is 15.9 Å². The molecule has 0 bridgehead atoms. The minimum atomic E-state index is -3.71. The van der Waals surface area contributed by atoms with Gasteiger partial charge in [-0.15, -0.1) is 11.6 Å². The fraction of sp³-hybridized carbons (Fsp3) is 0.571. The Morgan fingerprint density at radius 1 is 1.35 bits per heavy atom. The van der Waals surface area contributed by atoms with Gasteiger partial charge in [-0.25, -0.2) is 12.8 Å². The van der Waals surface area contributed by atoms with Gasteiger partial charge in [0, 0.05) is 24.0 Å². The van der Waals surface area contributed by atoms with Crippen LogP contribution in [0.15, 0.2) is 17.0 Å². The third kappa shape index (κ3) is 3.32. The van der Waals surface area contributed by atoms with E-state index in [0.717, 1.165) is 0 Å². The summed E-state index contributed by atoms with van der Waals surface area (Å²) in [5, 5.41) is 0. The highest BCUT2D eigenvalue weighted by molar-refractivity contribution is 7.89. The zero-order valence-electron chi connectivity index (χ0n) is 12.3. The Bertz CT molecular complexity index is 575. The van der Waals surface area contributed by atoms with Crippen molar-refractivity contribution in [2.45, 2.75) is 50.9 Å². The minimum Gasteiger partial charge on any atom is -0.207 e. The van der Waals surface area contributed by atoms with E-state index in [0.29, 0.717) is 18.5 Å². The van der Waals surface area contributed by atoms with Gasteiger partial charge in [0.1, 0.15) is 5.82 Å². The lowest BCUT2D eigenvalue weighted by molar-refractivity contribution is 0.342. The zero-order valence-corrected chi connectivity index (χ0v) is 13.9. The second-order valence-corrected chi connectivity index (χ2v) is 6.93. The van der Waals surface area contributed by atoms with E-state index in [-0.39, 0.29) is 22.4 Å². The molecule has 1 rings (SSSR count). The van der Waals surface area contributed by atoms with Crippen molar-refractivity contribution < 1.29 is 12.8 Å². The first-order valence-corrected chi connectivity index (χ1v) is 8.63. The van der Waals surface area contributed by atoms with Gasteiger partial charge in [0.25, 0.3) is 0 Å². The first kappa shape index (κ1) is 17.4. The van der Waals surface area contributed by atoms with Gasteiger partial charge >= 0.3 is 0 Å². The van der Waals surface area contributed by atoms with E-state index in [2.05, 4.69) is 0 Å². The van der Waals surface area contributed by atoms with E-state index in [9.17, 15) is 12.8 Å². The molecule has 0 fully saturated rings. The minimum absolute atomic E-state index is 0.00954. The third-order valence-corrected chi connectivity index (χ3v) is 6.02. The molecule has 0 aromatic heterocycles. The molecule has 6 heteroatoms. The zero-order chi connectivity index (χ0) is 15.5. The van der Waals surface area contributed by atoms with Crippen LogP contribution in [0.1, 0.15) is 38.3 Å². The van der Waals surface area contributed by atoms with Crippen LogP contribution in [0.4, 0.5) is 4.39 Å². The molecule has 1 atom stereocenters. The van der Waals surface area contributed by atoms with Crippen LogP contribution in [0.5, 0.6) is 0 Å². The van der Waals surface area contributed by atoms with E-state index in [1.165, 1.54) is 23.4 Å². The summed E-state index contributed by atoms with van der Waals surface area (Å²) in [7, 11) is -3.71. The first-order valence-electron chi connectivity index (χ1n) is 6.66. The number of hydrogen-bond acceptors (Lipinski definition) is 2. The van der Waals surface area contributed by atoms with E-state index in [1.807, 2.05) is 13.8 Å². The molecule has 0 spiro atoms. The van der Waals surface area contributed by atoms with Crippen LogP contribution in [-0.4, -0.2) is 25.3 Å². The Morgan fingerprint density at radius 2 is 1.95 bits per heavy atom. The van der Waals surface area contributed by atoms with Crippen molar-refractivity contribution in [3.63, 3.8) is 0 Å². The average Bonchev–Trinajstić information content (AvgIpc) is 2.41. The molecule has 3 nitrogen and oxygen atoms in total. The highest BCUT2D eigenvalue weighted by atomic mass is 35.5. The highest BCUT2D eigenvalue weighted by Gasteiger charge is 2.29. The summed E-state index contributed by atoms with van der Waals surface area (Å²) in [6.45, 7) is 7.37. The van der Waals surface area contributed by atoms with Crippen molar-refractivity contribution in [2.75, 3.05) is 6.54 Å². The molecule has 0 radical (unpaired) electrons. The highest BCUT2D eigenvalue weighted by Crippen LogP contribution is 2.26. The molecule has 0 amide bonds. The summed E-state index contributed by atoms with van der Waals surface area (Å²) in [6, 6.07) is 2.61. The number of halogens is 2. The predicted molar refractivity (Wildman–Crippen MR) is 80.0 cm³/mol. The molecule has 0 heterocycles. The van der Waals surface area contributed by atoms with Gasteiger partial charge in [0.2, 0.25) is 10.0 Å². The SMILES string of the molecule is CCC(C)N(CC)S(=O)(=O)c1cc(CCl)cc(F)c1C. The van der Waals surface area contributed by atoms with E-state index in [4.69, 9.17) is 11.6 Å². The van der Waals surface area contributed by atoms with Crippen LogP contribution in [0.25, 0.3) is 0 Å². The fourth-order valence-corrected chi connectivity index (χ4v) is 4.26. The van der Waals surface area contributed by atoms with Gasteiger partial charge < -0.3 is 0 Å². The van der Waals surface area contributed by atoms with Crippen LogP contribution in [0.3, 0.4) is 0 Å². The van der Waals surface area contributed by atoms with Crippen molar-refractivity contribution in [3.8, 4) is 0 Å². The van der Waals surface area contributed by atoms with Gasteiger partial charge in [-0.05, 0) is 38.0 Å². The molecule has 0 N–H and O–H groups in total. The predicted octanol–water partition coefficient (Wildman–Crippen LogP) is 3.68. The second-order valence-electron chi connectivity index (χ2n) is 4.80. The van der Waals surface area contributed by atoms with Crippen LogP contribution in [0.2, 0.25) is 0 Å². The number of hydrogen-bond donors (Lipinski definition) is 0. The standard InChI is InChI=1S/C14H21ClFNO2S/c1-5-10(3)17(6-2)20(18,19)14-8-12(9-15)7-13(16)11(14)4/h7-8,10H,5-6,9H2,1-4H3. The average molecular weight is 322 g/mol. The van der Waals surface area contributed by atoms with Gasteiger partial charge in [-0.1, -0.05) is 13.8 Å². The summed E-state index contributed by atoms with van der Waals surface area (Å²) in [5.74, 6) is -0.461. The lowest BCUT2D eigenvalue weighted by atomic mass is 10.1. The quantitative estimate of drug-likeness (QED) is 0.749. The molecule has 0 aliphatic rings. The maximum Gasteiger partial charge on any atom is 0.243 e. The lowest BCUT2D eigenvalue weighted by Crippen LogP contribution is -2.38. The van der Waals surface area contributed by atoms with Crippen molar-refractivity contribution in [3.05, 3.63) is 29.1 Å². The summed E-state index contributed by atoms with van der Waals surface area (Å²) in [6.07, 6.45) is 0.698. The number of sulfonamides is 1. The second kappa shape index (κ2) is 6.87. The molecule has 20 heavy (non-hydrogen) atoms. The molecule has 1 aromatic carbocycles. The van der Waals surface area contributed by atoms with Gasteiger partial charge in [0.05, 0.1) is 4.90 Å². The molecule has 1 unspecified atom stereocenters. The van der Waals surface area contributed by atoms with E-state index < -0.39 is 15.8 Å². The maximum atomic E-state index is 13.9. The largest absolute Gasteiger partial charge is 0.243 e. The van der Waals surface area contributed by atoms with Crippen molar-refractivity contribution in [1.29, 1.82) is 0 Å². The Balaban J connectivity index is 3.45. The van der Waals surface area contributed by atoms with Crippen molar-refractivity contribution in [2.24, 2.45) is 0 Å². The third-order valence-electron chi connectivity index (χ3n) is 3.49. The summed E-state index contributed by atoms with van der Waals surface area (Å²) >= 11 is 5.70. The molecular formula is C14H21ClFNO2S. The Hall–Kier alpha value is -0.650. The molecule has 0 aliphatic carbocycles. The van der Waals surface area contributed by atoms with Crippen molar-refractivity contribution >= 4 is 21.6 Å². The number of benzene rings is 1. The number of rotatable bonds is 6. The smallest absolute Gasteiger partial charge is 0.207 e. The summed E-state index contributed by atoms with van der Waals surface area (Å²) in [4.78, 5) is 0.00954. The monoisotopic (exact) mass is 321 g/mol. The Labute approximate surface area is 125 Å². The fourth-order valence-electron chi connectivity index (χ4n) is 2.10. The topological polar surface area (TPSA) is 37.4 Å². The molecule has 0 saturated heterocycles. The van der Waals surface area contributed by atoms with E-state index in [1.54, 1.807) is 6.92 Å². The number of nitrogens with zero attached hydrogens (tertiary/aromatic N) is 1. The molecule has 0 saturated carbocycles. The van der Waals surface area contributed by atoms with Crippen LogP contribution < -0.4 is 0 Å². The molecule has 1 aromatic rings. The number of alkyl halides is 1. The van der Waals surface area contributed by atoms with Gasteiger partial charge in [0.15, 0.2) is 0 Å².